The molecule has 4 aromatic rings. The zero-order valence-corrected chi connectivity index (χ0v) is 14.8. The second kappa shape index (κ2) is 6.34. The Balaban J connectivity index is 1.89. The maximum absolute atomic E-state index is 11.1. The van der Waals surface area contributed by atoms with E-state index in [9.17, 15) is 4.79 Å². The molecule has 0 unspecified atom stereocenters. The van der Waals surface area contributed by atoms with Gasteiger partial charge in [-0.15, -0.1) is 23.1 Å². The number of hydrogen-bond donors (Lipinski definition) is 1. The van der Waals surface area contributed by atoms with E-state index in [-0.39, 0.29) is 5.69 Å². The van der Waals surface area contributed by atoms with Crippen LogP contribution in [0, 0.1) is 0 Å². The van der Waals surface area contributed by atoms with E-state index in [1.807, 2.05) is 30.5 Å². The summed E-state index contributed by atoms with van der Waals surface area (Å²) in [5.74, 6) is -1.04. The number of nitrogens with zero attached hydrogens (tertiary/aromatic N) is 3. The van der Waals surface area contributed by atoms with Crippen LogP contribution >= 0.6 is 23.1 Å². The largest absolute Gasteiger partial charge is 0.476 e. The van der Waals surface area contributed by atoms with Gasteiger partial charge in [-0.05, 0) is 24.5 Å². The van der Waals surface area contributed by atoms with Crippen molar-refractivity contribution in [1.82, 2.24) is 14.8 Å². The molecule has 0 bridgehead atoms. The molecular formula is C18H13N3O2S2. The molecule has 2 aromatic heterocycles. The Bertz CT molecular complexity index is 1070. The highest BCUT2D eigenvalue weighted by atomic mass is 32.2. The molecule has 0 spiro atoms. The minimum absolute atomic E-state index is 0.0328. The Labute approximate surface area is 152 Å². The van der Waals surface area contributed by atoms with Crippen molar-refractivity contribution in [1.29, 1.82) is 0 Å². The monoisotopic (exact) mass is 367 g/mol. The molecule has 2 heterocycles. The molecule has 0 saturated carbocycles. The molecule has 0 radical (unpaired) electrons. The number of hydrogen-bond acceptors (Lipinski definition) is 5. The van der Waals surface area contributed by atoms with Crippen molar-refractivity contribution >= 4 is 40.0 Å². The summed E-state index contributed by atoms with van der Waals surface area (Å²) >= 11 is 2.96. The molecule has 1 N–H and O–H groups in total. The molecule has 5 nitrogen and oxygen atoms in total. The van der Waals surface area contributed by atoms with E-state index in [0.717, 1.165) is 22.2 Å². The molecule has 0 saturated heterocycles. The van der Waals surface area contributed by atoms with Crippen LogP contribution in [0.5, 0.6) is 0 Å². The van der Waals surface area contributed by atoms with Crippen LogP contribution in [0.25, 0.3) is 27.3 Å². The van der Waals surface area contributed by atoms with Crippen molar-refractivity contribution in [3.05, 3.63) is 59.6 Å². The molecule has 4 rings (SSSR count). The molecule has 0 aliphatic heterocycles. The topological polar surface area (TPSA) is 68.0 Å². The van der Waals surface area contributed by atoms with Crippen molar-refractivity contribution in [3.8, 4) is 16.4 Å². The number of thiazole rings is 1. The summed E-state index contributed by atoms with van der Waals surface area (Å²) in [7, 11) is 0. The van der Waals surface area contributed by atoms with Crippen LogP contribution in [0.4, 0.5) is 0 Å². The van der Waals surface area contributed by atoms with Gasteiger partial charge in [0.1, 0.15) is 5.69 Å². The van der Waals surface area contributed by atoms with Gasteiger partial charge < -0.3 is 5.11 Å². The van der Waals surface area contributed by atoms with Gasteiger partial charge in [0.05, 0.1) is 5.52 Å². The van der Waals surface area contributed by atoms with E-state index >= 15 is 0 Å². The van der Waals surface area contributed by atoms with E-state index in [2.05, 4.69) is 29.2 Å². The third-order valence-electron chi connectivity index (χ3n) is 3.84. The summed E-state index contributed by atoms with van der Waals surface area (Å²) in [6.07, 6.45) is 2.04. The van der Waals surface area contributed by atoms with E-state index in [1.54, 1.807) is 16.4 Å². The summed E-state index contributed by atoms with van der Waals surface area (Å²) in [6.45, 7) is 0. The normalized spacial score (nSPS) is 11.1. The van der Waals surface area contributed by atoms with Crippen LogP contribution in [0.3, 0.4) is 0 Å². The van der Waals surface area contributed by atoms with Crippen LogP contribution in [-0.2, 0) is 0 Å². The number of thioether (sulfide) groups is 1. The molecule has 25 heavy (non-hydrogen) atoms. The lowest BCUT2D eigenvalue weighted by Gasteiger charge is -2.00. The van der Waals surface area contributed by atoms with E-state index < -0.39 is 5.97 Å². The molecule has 0 atom stereocenters. The molecular weight excluding hydrogens is 354 g/mol. The number of carboxylic acid groups (broad SMARTS) is 1. The maximum Gasteiger partial charge on any atom is 0.355 e. The van der Waals surface area contributed by atoms with Crippen LogP contribution in [-0.4, -0.2) is 32.1 Å². The lowest BCUT2D eigenvalue weighted by molar-refractivity contribution is 0.0691. The first kappa shape index (κ1) is 15.9. The minimum Gasteiger partial charge on any atom is -0.476 e. The number of fused-ring (bicyclic) bond motifs is 1. The molecule has 0 fully saturated rings. The minimum atomic E-state index is -1.04. The molecule has 7 heteroatoms. The lowest BCUT2D eigenvalue weighted by Crippen LogP contribution is -2.00. The number of rotatable bonds is 4. The zero-order valence-electron chi connectivity index (χ0n) is 13.2. The average Bonchev–Trinajstić information content (AvgIpc) is 3.27. The van der Waals surface area contributed by atoms with Crippen LogP contribution in [0.15, 0.2) is 58.8 Å². The Morgan fingerprint density at radius 3 is 2.60 bits per heavy atom. The van der Waals surface area contributed by atoms with Crippen molar-refractivity contribution in [2.75, 3.05) is 6.26 Å². The third-order valence-corrected chi connectivity index (χ3v) is 5.40. The highest BCUT2D eigenvalue weighted by molar-refractivity contribution is 7.98. The van der Waals surface area contributed by atoms with E-state index in [0.29, 0.717) is 5.13 Å². The molecule has 124 valence electrons. The SMILES string of the molecule is CSc1ccc(-c2nn(-c3nc(C(=O)O)cs3)c3ccccc23)cc1. The fraction of sp³-hybridized carbons (Fsp3) is 0.0556. The van der Waals surface area contributed by atoms with Gasteiger partial charge >= 0.3 is 5.97 Å². The van der Waals surface area contributed by atoms with Gasteiger partial charge in [0.15, 0.2) is 5.69 Å². The highest BCUT2D eigenvalue weighted by Crippen LogP contribution is 2.31. The fourth-order valence-corrected chi connectivity index (χ4v) is 3.80. The quantitative estimate of drug-likeness (QED) is 0.535. The number of carbonyl (C=O) groups is 1. The van der Waals surface area contributed by atoms with Crippen molar-refractivity contribution in [2.45, 2.75) is 4.90 Å². The number of carboxylic acids is 1. The first-order chi connectivity index (χ1) is 12.2. The Morgan fingerprint density at radius 1 is 1.16 bits per heavy atom. The summed E-state index contributed by atoms with van der Waals surface area (Å²) in [5, 5.41) is 16.9. The molecule has 2 aromatic carbocycles. The van der Waals surface area contributed by atoms with Gasteiger partial charge in [-0.1, -0.05) is 30.3 Å². The summed E-state index contributed by atoms with van der Waals surface area (Å²) in [4.78, 5) is 16.5. The predicted molar refractivity (Wildman–Crippen MR) is 101 cm³/mol. The van der Waals surface area contributed by atoms with Crippen molar-refractivity contribution in [3.63, 3.8) is 0 Å². The number of benzene rings is 2. The smallest absolute Gasteiger partial charge is 0.355 e. The van der Waals surface area contributed by atoms with Gasteiger partial charge in [-0.3, -0.25) is 0 Å². The van der Waals surface area contributed by atoms with E-state index in [4.69, 9.17) is 10.2 Å². The van der Waals surface area contributed by atoms with Gasteiger partial charge in [0, 0.05) is 21.2 Å². The average molecular weight is 367 g/mol. The maximum atomic E-state index is 11.1. The predicted octanol–water partition coefficient (Wildman–Crippen LogP) is 4.57. The second-order valence-electron chi connectivity index (χ2n) is 5.33. The molecule has 0 aliphatic rings. The number of para-hydroxylation sites is 1. The van der Waals surface area contributed by atoms with Crippen LogP contribution in [0.1, 0.15) is 10.5 Å². The lowest BCUT2D eigenvalue weighted by atomic mass is 10.1. The van der Waals surface area contributed by atoms with Crippen molar-refractivity contribution < 1.29 is 9.90 Å². The zero-order chi connectivity index (χ0) is 17.4. The molecule has 0 amide bonds. The van der Waals surface area contributed by atoms with Gasteiger partial charge in [0.2, 0.25) is 5.13 Å². The Morgan fingerprint density at radius 2 is 1.92 bits per heavy atom. The summed E-state index contributed by atoms with van der Waals surface area (Å²) < 4.78 is 1.71. The van der Waals surface area contributed by atoms with E-state index in [1.165, 1.54) is 21.6 Å². The Hall–Kier alpha value is -2.64. The first-order valence-electron chi connectivity index (χ1n) is 7.49. The van der Waals surface area contributed by atoms with Crippen LogP contribution in [0.2, 0.25) is 0 Å². The summed E-state index contributed by atoms with van der Waals surface area (Å²) in [6, 6.07) is 16.1. The number of aromatic carboxylic acids is 1. The van der Waals surface area contributed by atoms with Gasteiger partial charge in [-0.25, -0.2) is 14.5 Å². The van der Waals surface area contributed by atoms with Crippen molar-refractivity contribution in [2.24, 2.45) is 0 Å². The first-order valence-corrected chi connectivity index (χ1v) is 9.59. The van der Waals surface area contributed by atoms with Crippen LogP contribution < -0.4 is 0 Å². The van der Waals surface area contributed by atoms with Gasteiger partial charge in [-0.2, -0.15) is 5.10 Å². The summed E-state index contributed by atoms with van der Waals surface area (Å²) in [5.41, 5.74) is 2.81. The third kappa shape index (κ3) is 2.81. The Kier molecular flexibility index (Phi) is 4.03. The number of aromatic nitrogens is 3. The standard InChI is InChI=1S/C18H13N3O2S2/c1-24-12-8-6-11(7-9-12)16-13-4-2-3-5-15(13)21(20-16)18-19-14(10-25-18)17(22)23/h2-10H,1H3,(H,22,23). The second-order valence-corrected chi connectivity index (χ2v) is 7.04. The fourth-order valence-electron chi connectivity index (χ4n) is 2.63. The van der Waals surface area contributed by atoms with Gasteiger partial charge in [0.25, 0.3) is 0 Å². The molecule has 0 aliphatic carbocycles. The highest BCUT2D eigenvalue weighted by Gasteiger charge is 2.17.